The zero-order chi connectivity index (χ0) is 15.4. The minimum absolute atomic E-state index is 0.123. The van der Waals surface area contributed by atoms with Crippen molar-refractivity contribution >= 4 is 33.3 Å². The molecule has 4 heteroatoms. The van der Waals surface area contributed by atoms with E-state index in [9.17, 15) is 9.59 Å². The largest absolute Gasteiger partial charge is 0.312 e. The van der Waals surface area contributed by atoms with Gasteiger partial charge in [0.05, 0.1) is 4.83 Å². The number of carbonyl (C=O) groups excluding carboxylic acids is 2. The predicted molar refractivity (Wildman–Crippen MR) is 89.4 cm³/mol. The van der Waals surface area contributed by atoms with Crippen LogP contribution in [0.4, 0.5) is 5.69 Å². The molecule has 2 rings (SSSR count). The molecule has 0 N–H and O–H groups in total. The van der Waals surface area contributed by atoms with Crippen molar-refractivity contribution in [3.63, 3.8) is 0 Å². The number of hydrogen-bond donors (Lipinski definition) is 0. The quantitative estimate of drug-likeness (QED) is 0.590. The van der Waals surface area contributed by atoms with E-state index in [1.807, 2.05) is 36.9 Å². The van der Waals surface area contributed by atoms with Gasteiger partial charge in [0, 0.05) is 24.2 Å². The molecule has 0 fully saturated rings. The summed E-state index contributed by atoms with van der Waals surface area (Å²) >= 11 is 3.42. The number of aryl methyl sites for hydroxylation is 1. The molecule has 0 radical (unpaired) electrons. The first-order valence-electron chi connectivity index (χ1n) is 7.70. The molecule has 1 aromatic carbocycles. The Hall–Kier alpha value is -1.16. The van der Waals surface area contributed by atoms with Crippen molar-refractivity contribution in [2.24, 2.45) is 0 Å². The van der Waals surface area contributed by atoms with Crippen LogP contribution < -0.4 is 4.90 Å². The summed E-state index contributed by atoms with van der Waals surface area (Å²) in [5.74, 6) is 0.307. The lowest BCUT2D eigenvalue weighted by molar-refractivity contribution is -0.118. The van der Waals surface area contributed by atoms with Crippen molar-refractivity contribution in [1.82, 2.24) is 0 Å². The Morgan fingerprint density at radius 2 is 2.10 bits per heavy atom. The molecule has 1 amide bonds. The Kier molecular flexibility index (Phi) is 5.57. The number of halogens is 1. The zero-order valence-corrected chi connectivity index (χ0v) is 14.3. The number of carbonyl (C=O) groups is 2. The number of rotatable bonds is 5. The molecule has 0 aromatic heterocycles. The molecule has 1 aliphatic rings. The fraction of sp³-hybridized carbons (Fsp3) is 0.529. The molecule has 1 unspecified atom stereocenters. The molecule has 0 saturated carbocycles. The van der Waals surface area contributed by atoms with E-state index in [-0.39, 0.29) is 16.5 Å². The fourth-order valence-corrected chi connectivity index (χ4v) is 2.99. The van der Waals surface area contributed by atoms with Crippen LogP contribution in [0.2, 0.25) is 0 Å². The lowest BCUT2D eigenvalue weighted by Gasteiger charge is -2.30. The lowest BCUT2D eigenvalue weighted by Crippen LogP contribution is -2.35. The third-order valence-electron chi connectivity index (χ3n) is 3.89. The fourth-order valence-electron chi connectivity index (χ4n) is 2.72. The van der Waals surface area contributed by atoms with Crippen molar-refractivity contribution in [2.45, 2.75) is 50.8 Å². The smallest absolute Gasteiger partial charge is 0.226 e. The number of nitrogens with zero attached hydrogens (tertiary/aromatic N) is 1. The van der Waals surface area contributed by atoms with Gasteiger partial charge in [-0.3, -0.25) is 9.59 Å². The lowest BCUT2D eigenvalue weighted by atomic mass is 9.96. The van der Waals surface area contributed by atoms with Gasteiger partial charge in [0.2, 0.25) is 5.91 Å². The molecule has 0 bridgehead atoms. The third-order valence-corrected chi connectivity index (χ3v) is 4.95. The molecule has 1 atom stereocenters. The van der Waals surface area contributed by atoms with E-state index in [0.29, 0.717) is 6.42 Å². The normalized spacial score (nSPS) is 15.5. The Labute approximate surface area is 134 Å². The topological polar surface area (TPSA) is 37.4 Å². The first-order chi connectivity index (χ1) is 10.1. The number of amides is 1. The van der Waals surface area contributed by atoms with Crippen LogP contribution in [0.1, 0.15) is 55.5 Å². The van der Waals surface area contributed by atoms with E-state index in [0.717, 1.165) is 49.0 Å². The van der Waals surface area contributed by atoms with E-state index in [1.54, 1.807) is 0 Å². The molecular formula is C17H22BrNO2. The number of fused-ring (bicyclic) bond motifs is 1. The van der Waals surface area contributed by atoms with Crippen LogP contribution in [0.25, 0.3) is 0 Å². The van der Waals surface area contributed by atoms with Gasteiger partial charge in [0.25, 0.3) is 0 Å². The second kappa shape index (κ2) is 7.21. The highest BCUT2D eigenvalue weighted by Crippen LogP contribution is 2.29. The van der Waals surface area contributed by atoms with Gasteiger partial charge in [-0.25, -0.2) is 0 Å². The summed E-state index contributed by atoms with van der Waals surface area (Å²) in [5.41, 5.74) is 2.84. The number of Topliss-reactive ketones (excluding diaryl/α,β-unsaturated/α-hetero) is 1. The standard InChI is InChI=1S/C17H22BrNO2/c1-3-6-16(20)19-10-5-7-12-11-13(8-9-15(12)19)17(21)14(18)4-2/h8-9,11,14H,3-7,10H2,1-2H3. The van der Waals surface area contributed by atoms with Crippen LogP contribution in [0.15, 0.2) is 18.2 Å². The van der Waals surface area contributed by atoms with Gasteiger partial charge >= 0.3 is 0 Å². The summed E-state index contributed by atoms with van der Waals surface area (Å²) in [7, 11) is 0. The van der Waals surface area contributed by atoms with Crippen LogP contribution in [0, 0.1) is 0 Å². The highest BCUT2D eigenvalue weighted by Gasteiger charge is 2.23. The second-order valence-corrected chi connectivity index (χ2v) is 6.59. The summed E-state index contributed by atoms with van der Waals surface area (Å²) in [6.07, 6.45) is 4.12. The number of anilines is 1. The van der Waals surface area contributed by atoms with Crippen LogP contribution in [0.5, 0.6) is 0 Å². The van der Waals surface area contributed by atoms with Gasteiger partial charge in [-0.1, -0.05) is 29.8 Å². The van der Waals surface area contributed by atoms with Crippen molar-refractivity contribution in [1.29, 1.82) is 0 Å². The predicted octanol–water partition coefficient (Wildman–Crippen LogP) is 4.12. The van der Waals surface area contributed by atoms with Gasteiger partial charge in [-0.2, -0.15) is 0 Å². The molecule has 21 heavy (non-hydrogen) atoms. The van der Waals surface area contributed by atoms with Gasteiger partial charge in [0.1, 0.15) is 0 Å². The summed E-state index contributed by atoms with van der Waals surface area (Å²) in [6, 6.07) is 5.75. The molecule has 0 spiro atoms. The average molecular weight is 352 g/mol. The summed E-state index contributed by atoms with van der Waals surface area (Å²) < 4.78 is 0. The highest BCUT2D eigenvalue weighted by molar-refractivity contribution is 9.10. The van der Waals surface area contributed by atoms with Crippen molar-refractivity contribution < 1.29 is 9.59 Å². The monoisotopic (exact) mass is 351 g/mol. The van der Waals surface area contributed by atoms with Gasteiger partial charge < -0.3 is 4.90 Å². The van der Waals surface area contributed by atoms with Crippen molar-refractivity contribution in [3.8, 4) is 0 Å². The van der Waals surface area contributed by atoms with Crippen molar-refractivity contribution in [3.05, 3.63) is 29.3 Å². The maximum Gasteiger partial charge on any atom is 0.226 e. The Morgan fingerprint density at radius 3 is 2.76 bits per heavy atom. The summed E-state index contributed by atoms with van der Waals surface area (Å²) in [4.78, 5) is 26.2. The molecule has 114 valence electrons. The van der Waals surface area contributed by atoms with E-state index >= 15 is 0 Å². The number of benzene rings is 1. The molecule has 1 heterocycles. The van der Waals surface area contributed by atoms with Crippen molar-refractivity contribution in [2.75, 3.05) is 11.4 Å². The van der Waals surface area contributed by atoms with Gasteiger partial charge in [0.15, 0.2) is 5.78 Å². The summed E-state index contributed by atoms with van der Waals surface area (Å²) in [5, 5.41) is 0. The molecule has 3 nitrogen and oxygen atoms in total. The summed E-state index contributed by atoms with van der Waals surface area (Å²) in [6.45, 7) is 4.79. The van der Waals surface area contributed by atoms with Crippen LogP contribution in [-0.2, 0) is 11.2 Å². The SMILES string of the molecule is CCCC(=O)N1CCCc2cc(C(=O)C(Br)CC)ccc21. The van der Waals surface area contributed by atoms with Crippen LogP contribution in [-0.4, -0.2) is 23.1 Å². The van der Waals surface area contributed by atoms with E-state index in [4.69, 9.17) is 0 Å². The molecular weight excluding hydrogens is 330 g/mol. The Balaban J connectivity index is 2.28. The van der Waals surface area contributed by atoms with Crippen LogP contribution >= 0.6 is 15.9 Å². The van der Waals surface area contributed by atoms with E-state index in [2.05, 4.69) is 15.9 Å². The van der Waals surface area contributed by atoms with E-state index < -0.39 is 0 Å². The van der Waals surface area contributed by atoms with E-state index in [1.165, 1.54) is 0 Å². The van der Waals surface area contributed by atoms with Gasteiger partial charge in [-0.15, -0.1) is 0 Å². The van der Waals surface area contributed by atoms with Crippen LogP contribution in [0.3, 0.4) is 0 Å². The zero-order valence-electron chi connectivity index (χ0n) is 12.7. The maximum atomic E-state index is 12.3. The molecule has 1 aliphatic heterocycles. The first-order valence-corrected chi connectivity index (χ1v) is 8.61. The minimum atomic E-state index is -0.128. The second-order valence-electron chi connectivity index (χ2n) is 5.48. The third kappa shape index (κ3) is 3.54. The number of hydrogen-bond acceptors (Lipinski definition) is 2. The Bertz CT molecular complexity index is 542. The minimum Gasteiger partial charge on any atom is -0.312 e. The number of ketones is 1. The average Bonchev–Trinajstić information content (AvgIpc) is 2.52. The molecule has 0 saturated heterocycles. The highest BCUT2D eigenvalue weighted by atomic mass is 79.9. The number of alkyl halides is 1. The molecule has 1 aromatic rings. The van der Waals surface area contributed by atoms with Gasteiger partial charge in [-0.05, 0) is 49.4 Å². The maximum absolute atomic E-state index is 12.3. The first kappa shape index (κ1) is 16.2. The Morgan fingerprint density at radius 1 is 1.33 bits per heavy atom. The molecule has 0 aliphatic carbocycles.